The van der Waals surface area contributed by atoms with Gasteiger partial charge in [-0.25, -0.2) is 0 Å². The van der Waals surface area contributed by atoms with Crippen molar-refractivity contribution in [1.82, 2.24) is 4.90 Å². The van der Waals surface area contributed by atoms with Crippen LogP contribution in [0, 0.1) is 5.92 Å². The third-order valence-corrected chi connectivity index (χ3v) is 3.45. The van der Waals surface area contributed by atoms with Crippen molar-refractivity contribution >= 4 is 13.4 Å². The standard InChI is InChI=1S/C14H20BN2O2/c1-11-6-7-17(9-11)14(18)13-4-2-12(3-5-13)8-15-19-10-16/h2-5,11H,6-10,16H2,1H3/t11-/m0/s1. The minimum Gasteiger partial charge on any atom is -0.428 e. The van der Waals surface area contributed by atoms with Gasteiger partial charge in [0.05, 0.1) is 6.73 Å². The van der Waals surface area contributed by atoms with Crippen LogP contribution in [0.15, 0.2) is 24.3 Å². The Labute approximate surface area is 115 Å². The van der Waals surface area contributed by atoms with Gasteiger partial charge in [-0.15, -0.1) is 0 Å². The van der Waals surface area contributed by atoms with Crippen LogP contribution in [-0.4, -0.2) is 38.1 Å². The Morgan fingerprint density at radius 1 is 1.47 bits per heavy atom. The molecule has 0 aromatic heterocycles. The molecule has 1 heterocycles. The summed E-state index contributed by atoms with van der Waals surface area (Å²) in [6.07, 6.45) is 1.81. The highest BCUT2D eigenvalue weighted by Gasteiger charge is 2.23. The van der Waals surface area contributed by atoms with Gasteiger partial charge in [0.15, 0.2) is 0 Å². The van der Waals surface area contributed by atoms with Gasteiger partial charge >= 0.3 is 0 Å². The molecule has 19 heavy (non-hydrogen) atoms. The zero-order valence-electron chi connectivity index (χ0n) is 11.3. The Morgan fingerprint density at radius 3 is 2.79 bits per heavy atom. The van der Waals surface area contributed by atoms with Crippen LogP contribution in [0.3, 0.4) is 0 Å². The average Bonchev–Trinajstić information content (AvgIpc) is 2.86. The lowest BCUT2D eigenvalue weighted by Crippen LogP contribution is -2.28. The molecule has 1 fully saturated rings. The zero-order valence-corrected chi connectivity index (χ0v) is 11.3. The molecule has 0 bridgehead atoms. The number of carbonyl (C=O) groups excluding carboxylic acids is 1. The Bertz CT molecular complexity index is 422. The predicted octanol–water partition coefficient (Wildman–Crippen LogP) is 1.22. The van der Waals surface area contributed by atoms with Crippen LogP contribution in [0.4, 0.5) is 0 Å². The quantitative estimate of drug-likeness (QED) is 0.491. The summed E-state index contributed by atoms with van der Waals surface area (Å²) in [6.45, 7) is 4.13. The molecule has 0 spiro atoms. The van der Waals surface area contributed by atoms with Gasteiger partial charge in [0.25, 0.3) is 13.4 Å². The van der Waals surface area contributed by atoms with E-state index in [0.717, 1.165) is 30.6 Å². The van der Waals surface area contributed by atoms with Crippen molar-refractivity contribution in [3.05, 3.63) is 35.4 Å². The van der Waals surface area contributed by atoms with Gasteiger partial charge in [0.1, 0.15) is 0 Å². The normalized spacial score (nSPS) is 18.6. The molecule has 1 aliphatic heterocycles. The van der Waals surface area contributed by atoms with Gasteiger partial charge < -0.3 is 15.3 Å². The number of nitrogens with two attached hydrogens (primary N) is 1. The molecule has 1 saturated heterocycles. The van der Waals surface area contributed by atoms with E-state index in [1.54, 1.807) is 7.48 Å². The monoisotopic (exact) mass is 259 g/mol. The second-order valence-corrected chi connectivity index (χ2v) is 5.05. The van der Waals surface area contributed by atoms with Crippen molar-refractivity contribution in [1.29, 1.82) is 0 Å². The summed E-state index contributed by atoms with van der Waals surface area (Å²) in [5.74, 6) is 0.754. The van der Waals surface area contributed by atoms with E-state index >= 15 is 0 Å². The first-order valence-electron chi connectivity index (χ1n) is 6.72. The summed E-state index contributed by atoms with van der Waals surface area (Å²) in [7, 11) is 1.68. The first kappa shape index (κ1) is 14.1. The largest absolute Gasteiger partial charge is 0.428 e. The number of hydrogen-bond donors (Lipinski definition) is 1. The molecular weight excluding hydrogens is 239 g/mol. The summed E-state index contributed by atoms with van der Waals surface area (Å²) in [4.78, 5) is 14.2. The third-order valence-electron chi connectivity index (χ3n) is 3.45. The van der Waals surface area contributed by atoms with E-state index in [-0.39, 0.29) is 12.6 Å². The Hall–Kier alpha value is -1.33. The van der Waals surface area contributed by atoms with Gasteiger partial charge in [-0.3, -0.25) is 4.79 Å². The van der Waals surface area contributed by atoms with Gasteiger partial charge in [-0.05, 0) is 30.8 Å². The Balaban J connectivity index is 1.92. The number of benzene rings is 1. The second kappa shape index (κ2) is 6.73. The molecule has 1 atom stereocenters. The van der Waals surface area contributed by atoms with Gasteiger partial charge in [0.2, 0.25) is 0 Å². The molecule has 101 valence electrons. The van der Waals surface area contributed by atoms with E-state index in [0.29, 0.717) is 12.2 Å². The van der Waals surface area contributed by atoms with Gasteiger partial charge in [-0.1, -0.05) is 24.6 Å². The molecule has 1 radical (unpaired) electrons. The second-order valence-electron chi connectivity index (χ2n) is 5.05. The van der Waals surface area contributed by atoms with Gasteiger partial charge in [-0.2, -0.15) is 0 Å². The lowest BCUT2D eigenvalue weighted by Gasteiger charge is -2.16. The maximum Gasteiger partial charge on any atom is 0.298 e. The van der Waals surface area contributed by atoms with Crippen LogP contribution in [0.1, 0.15) is 29.3 Å². The molecule has 2 N–H and O–H groups in total. The molecule has 5 heteroatoms. The molecule has 1 aromatic rings. The molecule has 0 unspecified atom stereocenters. The molecular formula is C14H20BN2O2. The third kappa shape index (κ3) is 3.82. The number of rotatable bonds is 5. The highest BCUT2D eigenvalue weighted by Crippen LogP contribution is 2.18. The highest BCUT2D eigenvalue weighted by atomic mass is 16.4. The van der Waals surface area contributed by atoms with Crippen molar-refractivity contribution in [3.8, 4) is 0 Å². The minimum atomic E-state index is 0.137. The summed E-state index contributed by atoms with van der Waals surface area (Å²) in [5, 5.41) is 0. The predicted molar refractivity (Wildman–Crippen MR) is 75.7 cm³/mol. The summed E-state index contributed by atoms with van der Waals surface area (Å²) >= 11 is 0. The molecule has 0 aliphatic carbocycles. The van der Waals surface area contributed by atoms with Crippen LogP contribution in [0.5, 0.6) is 0 Å². The van der Waals surface area contributed by atoms with E-state index < -0.39 is 0 Å². The number of likely N-dealkylation sites (tertiary alicyclic amines) is 1. The topological polar surface area (TPSA) is 55.6 Å². The number of nitrogens with zero attached hydrogens (tertiary/aromatic N) is 1. The SMILES string of the molecule is C[C@H]1CCN(C(=O)c2ccc(C[B]OCN)cc2)C1. The van der Waals surface area contributed by atoms with E-state index in [4.69, 9.17) is 10.4 Å². The Morgan fingerprint density at radius 2 is 2.21 bits per heavy atom. The molecule has 4 nitrogen and oxygen atoms in total. The van der Waals surface area contributed by atoms with Crippen molar-refractivity contribution in [2.45, 2.75) is 19.7 Å². The fourth-order valence-electron chi connectivity index (χ4n) is 2.31. The number of hydrogen-bond acceptors (Lipinski definition) is 3. The average molecular weight is 259 g/mol. The van der Waals surface area contributed by atoms with Crippen LogP contribution >= 0.6 is 0 Å². The van der Waals surface area contributed by atoms with E-state index in [2.05, 4.69) is 6.92 Å². The summed E-state index contributed by atoms with van der Waals surface area (Å²) < 4.78 is 4.99. The fraction of sp³-hybridized carbons (Fsp3) is 0.500. The minimum absolute atomic E-state index is 0.137. The molecule has 1 amide bonds. The lowest BCUT2D eigenvalue weighted by atomic mass is 9.89. The van der Waals surface area contributed by atoms with Crippen LogP contribution < -0.4 is 5.73 Å². The number of carbonyl (C=O) groups is 1. The van der Waals surface area contributed by atoms with Crippen LogP contribution in [0.2, 0.25) is 0 Å². The van der Waals surface area contributed by atoms with Crippen molar-refractivity contribution in [2.75, 3.05) is 19.8 Å². The van der Waals surface area contributed by atoms with Crippen LogP contribution in [-0.2, 0) is 11.0 Å². The van der Waals surface area contributed by atoms with Crippen molar-refractivity contribution < 1.29 is 9.45 Å². The fourth-order valence-corrected chi connectivity index (χ4v) is 2.31. The molecule has 1 aromatic carbocycles. The molecule has 2 rings (SSSR count). The lowest BCUT2D eigenvalue weighted by molar-refractivity contribution is 0.0788. The molecule has 1 aliphatic rings. The number of amides is 1. The maximum atomic E-state index is 12.2. The zero-order chi connectivity index (χ0) is 13.7. The maximum absolute atomic E-state index is 12.2. The van der Waals surface area contributed by atoms with Gasteiger partial charge in [0, 0.05) is 18.7 Å². The smallest absolute Gasteiger partial charge is 0.298 e. The molecule has 0 saturated carbocycles. The van der Waals surface area contributed by atoms with E-state index in [1.165, 1.54) is 0 Å². The van der Waals surface area contributed by atoms with Crippen molar-refractivity contribution in [3.63, 3.8) is 0 Å². The summed E-state index contributed by atoms with van der Waals surface area (Å²) in [6, 6.07) is 7.69. The van der Waals surface area contributed by atoms with E-state index in [1.807, 2.05) is 29.2 Å². The van der Waals surface area contributed by atoms with E-state index in [9.17, 15) is 4.79 Å². The summed E-state index contributed by atoms with van der Waals surface area (Å²) in [5.41, 5.74) is 7.11. The van der Waals surface area contributed by atoms with Crippen molar-refractivity contribution in [2.24, 2.45) is 11.7 Å². The Kier molecular flexibility index (Phi) is 4.99. The van der Waals surface area contributed by atoms with Crippen LogP contribution in [0.25, 0.3) is 0 Å². The highest BCUT2D eigenvalue weighted by molar-refractivity contribution is 6.26. The first-order chi connectivity index (χ1) is 9.20. The first-order valence-corrected chi connectivity index (χ1v) is 6.72.